The van der Waals surface area contributed by atoms with E-state index in [2.05, 4.69) is 13.8 Å². The van der Waals surface area contributed by atoms with Crippen LogP contribution in [0, 0.1) is 29.1 Å². The maximum absolute atomic E-state index is 14.5. The number of carbonyl (C=O) groups is 2. The van der Waals surface area contributed by atoms with Crippen LogP contribution in [0.3, 0.4) is 0 Å². The second kappa shape index (κ2) is 9.29. The van der Waals surface area contributed by atoms with Crippen molar-refractivity contribution in [3.63, 3.8) is 0 Å². The van der Waals surface area contributed by atoms with E-state index in [1.54, 1.807) is 12.1 Å². The number of halogens is 2. The molecule has 5 nitrogen and oxygen atoms in total. The second-order valence-corrected chi connectivity index (χ2v) is 12.5. The van der Waals surface area contributed by atoms with Crippen LogP contribution in [0.25, 0.3) is 0 Å². The van der Waals surface area contributed by atoms with Gasteiger partial charge in [-0.1, -0.05) is 19.3 Å². The van der Waals surface area contributed by atoms with Crippen molar-refractivity contribution in [1.82, 2.24) is 0 Å². The lowest BCUT2D eigenvalue weighted by atomic mass is 9.46. The first-order valence-electron chi connectivity index (χ1n) is 13.6. The van der Waals surface area contributed by atoms with E-state index < -0.39 is 29.9 Å². The number of carboxylic acid groups (broad SMARTS) is 1. The summed E-state index contributed by atoms with van der Waals surface area (Å²) in [6, 6.07) is 6.35. The predicted molar refractivity (Wildman–Crippen MR) is 127 cm³/mol. The highest BCUT2D eigenvalue weighted by atomic mass is 19.3. The van der Waals surface area contributed by atoms with Gasteiger partial charge in [0.05, 0.1) is 5.56 Å². The Balaban J connectivity index is 1.28. The summed E-state index contributed by atoms with van der Waals surface area (Å²) in [4.78, 5) is 23.9. The predicted octanol–water partition coefficient (Wildman–Crippen LogP) is 5.55. The molecule has 5 aliphatic rings. The highest BCUT2D eigenvalue weighted by Crippen LogP contribution is 2.64. The summed E-state index contributed by atoms with van der Waals surface area (Å²) in [6.45, 7) is 4.33. The fourth-order valence-electron chi connectivity index (χ4n) is 8.11. The summed E-state index contributed by atoms with van der Waals surface area (Å²) >= 11 is 0. The molecular formula is C29H37F2O5-. The van der Waals surface area contributed by atoms with E-state index in [0.717, 1.165) is 24.2 Å². The van der Waals surface area contributed by atoms with Crippen LogP contribution in [0.2, 0.25) is 0 Å². The third kappa shape index (κ3) is 4.63. The van der Waals surface area contributed by atoms with E-state index in [0.29, 0.717) is 31.4 Å². The molecule has 5 fully saturated rings. The van der Waals surface area contributed by atoms with Gasteiger partial charge in [-0.15, -0.1) is 0 Å². The van der Waals surface area contributed by atoms with Crippen molar-refractivity contribution in [2.75, 3.05) is 0 Å². The minimum absolute atomic E-state index is 0.0879. The van der Waals surface area contributed by atoms with Crippen molar-refractivity contribution < 1.29 is 33.0 Å². The highest BCUT2D eigenvalue weighted by molar-refractivity contribution is 5.90. The minimum atomic E-state index is -4.25. The number of aliphatic carboxylic acids is 1. The molecule has 0 heterocycles. The van der Waals surface area contributed by atoms with Crippen LogP contribution in [0.4, 0.5) is 8.78 Å². The molecule has 1 unspecified atom stereocenters. The lowest BCUT2D eigenvalue weighted by Gasteiger charge is -2.61. The summed E-state index contributed by atoms with van der Waals surface area (Å²) < 4.78 is 40.6. The molecule has 0 radical (unpaired) electrons. The molecule has 6 rings (SSSR count). The Bertz CT molecular complexity index is 945. The Morgan fingerprint density at radius 2 is 1.47 bits per heavy atom. The fourth-order valence-corrected chi connectivity index (χ4v) is 8.11. The molecule has 1 aromatic carbocycles. The molecule has 1 aromatic rings. The smallest absolute Gasteiger partial charge is 0.338 e. The van der Waals surface area contributed by atoms with Crippen molar-refractivity contribution >= 4 is 11.9 Å². The zero-order valence-corrected chi connectivity index (χ0v) is 21.3. The van der Waals surface area contributed by atoms with Crippen LogP contribution >= 0.6 is 0 Å². The monoisotopic (exact) mass is 503 g/mol. The van der Waals surface area contributed by atoms with Crippen LogP contribution < -0.4 is 9.84 Å². The van der Waals surface area contributed by atoms with E-state index in [1.165, 1.54) is 50.7 Å². The fraction of sp³-hybridized carbons (Fsp3) is 0.724. The number of hydrogen-bond donors (Lipinski definition) is 0. The average Bonchev–Trinajstić information content (AvgIpc) is 2.82. The maximum Gasteiger partial charge on any atom is 0.338 e. The van der Waals surface area contributed by atoms with Crippen molar-refractivity contribution in [2.24, 2.45) is 29.1 Å². The molecule has 5 aliphatic carbocycles. The second-order valence-electron chi connectivity index (χ2n) is 12.5. The van der Waals surface area contributed by atoms with Gasteiger partial charge >= 0.3 is 11.9 Å². The first-order valence-corrected chi connectivity index (χ1v) is 13.6. The molecule has 198 valence electrons. The van der Waals surface area contributed by atoms with Gasteiger partial charge in [-0.05, 0) is 107 Å². The van der Waals surface area contributed by atoms with Gasteiger partial charge in [0.15, 0.2) is 6.10 Å². The van der Waals surface area contributed by atoms with Gasteiger partial charge in [-0.3, -0.25) is 0 Å². The number of carboxylic acids is 1. The molecule has 7 heteroatoms. The quantitative estimate of drug-likeness (QED) is 0.435. The van der Waals surface area contributed by atoms with Crippen LogP contribution in [0.15, 0.2) is 24.3 Å². The Hall–Kier alpha value is -2.18. The normalized spacial score (nSPS) is 31.2. The van der Waals surface area contributed by atoms with E-state index in [1.807, 2.05) is 0 Å². The lowest BCUT2D eigenvalue weighted by molar-refractivity contribution is -0.337. The first kappa shape index (κ1) is 25.5. The number of ether oxygens (including phenoxy) is 2. The minimum Gasteiger partial charge on any atom is -0.544 e. The van der Waals surface area contributed by atoms with Gasteiger partial charge in [-0.2, -0.15) is 8.78 Å². The highest BCUT2D eigenvalue weighted by Gasteiger charge is 2.58. The van der Waals surface area contributed by atoms with Gasteiger partial charge in [0, 0.05) is 11.3 Å². The molecule has 0 spiro atoms. The molecule has 4 bridgehead atoms. The standard InChI is InChI=1S/C29H38F2O5/c1-27(2,28-15-18-12-19(16-28)14-20(13-18)17-28)36-23-10-8-22(9-11-23)25(32)35-24(29(30,31)26(33)34)21-6-4-3-5-7-21/h8-11,18-21,24H,3-7,12-17H2,1-2H3,(H,33,34)/p-1. The molecule has 36 heavy (non-hydrogen) atoms. The van der Waals surface area contributed by atoms with Crippen LogP contribution in [-0.4, -0.2) is 29.6 Å². The number of alkyl halides is 2. The Morgan fingerprint density at radius 3 is 1.97 bits per heavy atom. The third-order valence-electron chi connectivity index (χ3n) is 9.72. The molecular weight excluding hydrogens is 466 g/mol. The first-order chi connectivity index (χ1) is 17.0. The summed E-state index contributed by atoms with van der Waals surface area (Å²) in [6.07, 6.45) is 8.71. The van der Waals surface area contributed by atoms with Gasteiger partial charge in [0.1, 0.15) is 17.3 Å². The van der Waals surface area contributed by atoms with Crippen molar-refractivity contribution in [3.05, 3.63) is 29.8 Å². The van der Waals surface area contributed by atoms with E-state index in [-0.39, 0.29) is 16.6 Å². The van der Waals surface area contributed by atoms with Gasteiger partial charge < -0.3 is 19.4 Å². The lowest BCUT2D eigenvalue weighted by Crippen LogP contribution is -2.58. The molecule has 0 aliphatic heterocycles. The topological polar surface area (TPSA) is 75.7 Å². The van der Waals surface area contributed by atoms with E-state index >= 15 is 0 Å². The van der Waals surface area contributed by atoms with Gasteiger partial charge in [0.2, 0.25) is 0 Å². The number of esters is 1. The van der Waals surface area contributed by atoms with Crippen LogP contribution in [0.5, 0.6) is 5.75 Å². The largest absolute Gasteiger partial charge is 0.544 e. The molecule has 0 amide bonds. The molecule has 0 aromatic heterocycles. The summed E-state index contributed by atoms with van der Waals surface area (Å²) in [5, 5.41) is 11.2. The summed E-state index contributed by atoms with van der Waals surface area (Å²) in [7, 11) is 0. The zero-order chi connectivity index (χ0) is 25.7. The van der Waals surface area contributed by atoms with Gasteiger partial charge in [-0.25, -0.2) is 4.79 Å². The Kier molecular flexibility index (Phi) is 6.57. The third-order valence-corrected chi connectivity index (χ3v) is 9.72. The average molecular weight is 504 g/mol. The number of benzene rings is 1. The van der Waals surface area contributed by atoms with E-state index in [9.17, 15) is 23.5 Å². The molecule has 1 atom stereocenters. The van der Waals surface area contributed by atoms with Gasteiger partial charge in [0.25, 0.3) is 0 Å². The molecule has 0 N–H and O–H groups in total. The van der Waals surface area contributed by atoms with E-state index in [4.69, 9.17) is 9.47 Å². The SMILES string of the molecule is CC(C)(Oc1ccc(C(=O)OC(C2CCCCC2)C(F)(F)C(=O)[O-])cc1)C12CC3CC(CC(C3)C1)C2. The van der Waals surface area contributed by atoms with Crippen molar-refractivity contribution in [3.8, 4) is 5.75 Å². The Morgan fingerprint density at radius 1 is 0.944 bits per heavy atom. The molecule has 5 saturated carbocycles. The van der Waals surface area contributed by atoms with Crippen LogP contribution in [-0.2, 0) is 9.53 Å². The number of rotatable bonds is 8. The summed E-state index contributed by atoms with van der Waals surface area (Å²) in [5.74, 6) is -5.41. The van der Waals surface area contributed by atoms with Crippen molar-refractivity contribution in [2.45, 2.75) is 102 Å². The Labute approximate surface area is 211 Å². The molecule has 0 saturated heterocycles. The van der Waals surface area contributed by atoms with Crippen LogP contribution in [0.1, 0.15) is 94.8 Å². The summed E-state index contributed by atoms with van der Waals surface area (Å²) in [5.41, 5.74) is -0.124. The number of carbonyl (C=O) groups excluding carboxylic acids is 2. The number of hydrogen-bond acceptors (Lipinski definition) is 5. The van der Waals surface area contributed by atoms with Crippen molar-refractivity contribution in [1.29, 1.82) is 0 Å². The zero-order valence-electron chi connectivity index (χ0n) is 21.3. The maximum atomic E-state index is 14.5.